The fourth-order valence-electron chi connectivity index (χ4n) is 3.18. The molecule has 3 N–H and O–H groups in total. The van der Waals surface area contributed by atoms with Gasteiger partial charge in [-0.2, -0.15) is 9.97 Å². The number of halogens is 2. The number of nitrogens with one attached hydrogen (secondary N) is 1. The van der Waals surface area contributed by atoms with E-state index in [0.29, 0.717) is 41.2 Å². The molecule has 1 fully saturated rings. The van der Waals surface area contributed by atoms with Gasteiger partial charge < -0.3 is 25.5 Å². The van der Waals surface area contributed by atoms with Gasteiger partial charge in [0.25, 0.3) is 0 Å². The second-order valence-corrected chi connectivity index (χ2v) is 7.56. The van der Waals surface area contributed by atoms with Gasteiger partial charge in [-0.25, -0.2) is 4.79 Å². The van der Waals surface area contributed by atoms with E-state index < -0.39 is 6.09 Å². The van der Waals surface area contributed by atoms with Crippen molar-refractivity contribution < 1.29 is 14.3 Å². The highest BCUT2D eigenvalue weighted by Crippen LogP contribution is 2.25. The molecule has 1 aliphatic heterocycles. The van der Waals surface area contributed by atoms with Crippen molar-refractivity contribution in [1.82, 2.24) is 9.97 Å². The molecular formula is C19H21Cl2N5O3. The van der Waals surface area contributed by atoms with Gasteiger partial charge in [-0.1, -0.05) is 29.3 Å². The van der Waals surface area contributed by atoms with Crippen molar-refractivity contribution in [2.75, 3.05) is 29.9 Å². The summed E-state index contributed by atoms with van der Waals surface area (Å²) in [6.07, 6.45) is 2.33. The van der Waals surface area contributed by atoms with E-state index in [-0.39, 0.29) is 11.9 Å². The lowest BCUT2D eigenvalue weighted by molar-refractivity contribution is -0.111. The lowest BCUT2D eigenvalue weighted by Gasteiger charge is -2.31. The molecule has 1 aliphatic rings. The van der Waals surface area contributed by atoms with E-state index in [0.717, 1.165) is 31.2 Å². The molecule has 0 bridgehead atoms. The van der Waals surface area contributed by atoms with Gasteiger partial charge in [0.05, 0.1) is 0 Å². The first-order valence-corrected chi connectivity index (χ1v) is 9.94. The largest absolute Gasteiger partial charge is 0.412 e. The number of carbonyl (C=O) groups is 2. The van der Waals surface area contributed by atoms with E-state index in [1.54, 1.807) is 18.2 Å². The number of aldehydes is 1. The van der Waals surface area contributed by atoms with Crippen LogP contribution in [0, 0.1) is 5.92 Å². The first-order chi connectivity index (χ1) is 13.9. The van der Waals surface area contributed by atoms with Gasteiger partial charge in [0.2, 0.25) is 0 Å². The van der Waals surface area contributed by atoms with E-state index in [2.05, 4.69) is 15.3 Å². The molecule has 154 valence electrons. The summed E-state index contributed by atoms with van der Waals surface area (Å²) in [5, 5.41) is 4.35. The number of primary amides is 1. The summed E-state index contributed by atoms with van der Waals surface area (Å²) in [4.78, 5) is 32.7. The SMILES string of the molecule is NC(=O)Oc1nc(NCCc2ccc(Cl)cc2Cl)cc(N2CCCC(C=O)C2)n1. The third-order valence-corrected chi connectivity index (χ3v) is 5.16. The van der Waals surface area contributed by atoms with E-state index in [4.69, 9.17) is 33.7 Å². The van der Waals surface area contributed by atoms with Crippen LogP contribution in [0.25, 0.3) is 0 Å². The average Bonchev–Trinajstić information content (AvgIpc) is 2.69. The minimum atomic E-state index is -0.995. The summed E-state index contributed by atoms with van der Waals surface area (Å²) in [5.41, 5.74) is 6.05. The number of nitrogens with zero attached hydrogens (tertiary/aromatic N) is 3. The monoisotopic (exact) mass is 437 g/mol. The van der Waals surface area contributed by atoms with Crippen LogP contribution in [0.5, 0.6) is 6.01 Å². The molecule has 0 radical (unpaired) electrons. The third-order valence-electron chi connectivity index (χ3n) is 4.57. The topological polar surface area (TPSA) is 110 Å². The fraction of sp³-hybridized carbons (Fsp3) is 0.368. The molecule has 1 atom stereocenters. The van der Waals surface area contributed by atoms with Crippen LogP contribution < -0.4 is 20.7 Å². The summed E-state index contributed by atoms with van der Waals surface area (Å²) < 4.78 is 4.88. The van der Waals surface area contributed by atoms with Gasteiger partial charge in [-0.05, 0) is 37.0 Å². The number of aromatic nitrogens is 2. The van der Waals surface area contributed by atoms with Crippen molar-refractivity contribution in [3.8, 4) is 6.01 Å². The normalized spacial score (nSPS) is 16.3. The van der Waals surface area contributed by atoms with Crippen LogP contribution in [0.15, 0.2) is 24.3 Å². The molecule has 1 unspecified atom stereocenters. The van der Waals surface area contributed by atoms with Gasteiger partial charge in [0.1, 0.15) is 17.9 Å². The minimum Gasteiger partial charge on any atom is -0.374 e. The number of hydrogen-bond acceptors (Lipinski definition) is 7. The molecule has 2 heterocycles. The van der Waals surface area contributed by atoms with Gasteiger partial charge >= 0.3 is 12.1 Å². The number of piperidine rings is 1. The molecule has 3 rings (SSSR count). The molecular weight excluding hydrogens is 417 g/mol. The number of hydrogen-bond donors (Lipinski definition) is 2. The zero-order valence-electron chi connectivity index (χ0n) is 15.6. The quantitative estimate of drug-likeness (QED) is 0.638. The van der Waals surface area contributed by atoms with E-state index in [1.165, 1.54) is 0 Å². The van der Waals surface area contributed by atoms with Crippen molar-refractivity contribution in [2.24, 2.45) is 11.7 Å². The maximum absolute atomic E-state index is 11.2. The fourth-order valence-corrected chi connectivity index (χ4v) is 3.68. The summed E-state index contributed by atoms with van der Waals surface area (Å²) in [6.45, 7) is 1.83. The van der Waals surface area contributed by atoms with E-state index in [1.807, 2.05) is 11.0 Å². The first-order valence-electron chi connectivity index (χ1n) is 9.19. The standard InChI is InChI=1S/C19H21Cl2N5O3/c20-14-4-3-13(15(21)8-14)5-6-23-16-9-17(25-19(24-16)29-18(22)28)26-7-1-2-12(10-26)11-27/h3-4,8-9,11-12H,1-2,5-7,10H2,(H2,22,28)(H,23,24,25). The molecule has 0 aliphatic carbocycles. The Balaban J connectivity index is 1.74. The summed E-state index contributed by atoms with van der Waals surface area (Å²) in [7, 11) is 0. The molecule has 1 aromatic heterocycles. The second-order valence-electron chi connectivity index (χ2n) is 6.71. The van der Waals surface area contributed by atoms with Crippen LogP contribution in [-0.2, 0) is 11.2 Å². The molecule has 0 spiro atoms. The van der Waals surface area contributed by atoms with Gasteiger partial charge in [0, 0.05) is 41.7 Å². The lowest BCUT2D eigenvalue weighted by atomic mass is 10.00. The zero-order chi connectivity index (χ0) is 20.8. The number of ether oxygens (including phenoxy) is 1. The Hall–Kier alpha value is -2.58. The highest BCUT2D eigenvalue weighted by molar-refractivity contribution is 6.35. The number of carbonyl (C=O) groups excluding carboxylic acids is 2. The minimum absolute atomic E-state index is 0.0531. The molecule has 2 aromatic rings. The summed E-state index contributed by atoms with van der Waals surface area (Å²) in [6, 6.07) is 6.96. The molecule has 0 saturated carbocycles. The average molecular weight is 438 g/mol. The van der Waals surface area contributed by atoms with Gasteiger partial charge in [0.15, 0.2) is 0 Å². The Kier molecular flexibility index (Phi) is 7.11. The molecule has 1 saturated heterocycles. The van der Waals surface area contributed by atoms with Crippen molar-refractivity contribution in [3.05, 3.63) is 39.9 Å². The summed E-state index contributed by atoms with van der Waals surface area (Å²) >= 11 is 12.1. The summed E-state index contributed by atoms with van der Waals surface area (Å²) in [5.74, 6) is 0.988. The van der Waals surface area contributed by atoms with Crippen molar-refractivity contribution in [1.29, 1.82) is 0 Å². The Labute approximate surface area is 178 Å². The van der Waals surface area contributed by atoms with Gasteiger partial charge in [-0.15, -0.1) is 0 Å². The van der Waals surface area contributed by atoms with Crippen LogP contribution in [-0.4, -0.2) is 42.0 Å². The Bertz CT molecular complexity index is 896. The highest BCUT2D eigenvalue weighted by atomic mass is 35.5. The first kappa shape index (κ1) is 21.1. The molecule has 8 nitrogen and oxygen atoms in total. The lowest BCUT2D eigenvalue weighted by Crippen LogP contribution is -2.36. The zero-order valence-corrected chi connectivity index (χ0v) is 17.1. The predicted molar refractivity (Wildman–Crippen MR) is 112 cm³/mol. The smallest absolute Gasteiger partial charge is 0.374 e. The molecule has 10 heteroatoms. The number of rotatable bonds is 7. The van der Waals surface area contributed by atoms with Crippen LogP contribution >= 0.6 is 23.2 Å². The van der Waals surface area contributed by atoms with E-state index >= 15 is 0 Å². The maximum Gasteiger partial charge on any atom is 0.412 e. The van der Waals surface area contributed by atoms with Crippen molar-refractivity contribution in [3.63, 3.8) is 0 Å². The van der Waals surface area contributed by atoms with Crippen LogP contribution in [0.3, 0.4) is 0 Å². The maximum atomic E-state index is 11.2. The number of amides is 1. The molecule has 1 amide bonds. The number of nitrogens with two attached hydrogens (primary N) is 1. The predicted octanol–water partition coefficient (Wildman–Crippen LogP) is 3.31. The Morgan fingerprint density at radius 3 is 2.90 bits per heavy atom. The van der Waals surface area contributed by atoms with Crippen LogP contribution in [0.1, 0.15) is 18.4 Å². The second kappa shape index (κ2) is 9.76. The Morgan fingerprint density at radius 1 is 1.34 bits per heavy atom. The Morgan fingerprint density at radius 2 is 2.17 bits per heavy atom. The van der Waals surface area contributed by atoms with Crippen molar-refractivity contribution in [2.45, 2.75) is 19.3 Å². The van der Waals surface area contributed by atoms with E-state index in [9.17, 15) is 9.59 Å². The van der Waals surface area contributed by atoms with Crippen LogP contribution in [0.2, 0.25) is 10.0 Å². The van der Waals surface area contributed by atoms with Crippen molar-refractivity contribution >= 4 is 47.2 Å². The third kappa shape index (κ3) is 5.95. The highest BCUT2D eigenvalue weighted by Gasteiger charge is 2.22. The van der Waals surface area contributed by atoms with Gasteiger partial charge in [-0.3, -0.25) is 0 Å². The molecule has 29 heavy (non-hydrogen) atoms. The molecule has 1 aromatic carbocycles. The number of benzene rings is 1. The van der Waals surface area contributed by atoms with Crippen LogP contribution in [0.4, 0.5) is 16.4 Å². The number of anilines is 2.